The van der Waals surface area contributed by atoms with Crippen molar-refractivity contribution in [3.05, 3.63) is 41.7 Å². The minimum absolute atomic E-state index is 0.645. The molecule has 0 amide bonds. The molecule has 2 heterocycles. The lowest BCUT2D eigenvalue weighted by molar-refractivity contribution is 0.708. The summed E-state index contributed by atoms with van der Waals surface area (Å²) in [7, 11) is 1.97. The highest BCUT2D eigenvalue weighted by Crippen LogP contribution is 2.31. The van der Waals surface area contributed by atoms with Crippen molar-refractivity contribution in [2.75, 3.05) is 6.54 Å². The van der Waals surface area contributed by atoms with E-state index in [-0.39, 0.29) is 0 Å². The van der Waals surface area contributed by atoms with Crippen molar-refractivity contribution in [1.29, 1.82) is 0 Å². The normalized spacial score (nSPS) is 11.3. The van der Waals surface area contributed by atoms with E-state index in [0.717, 1.165) is 23.3 Å². The van der Waals surface area contributed by atoms with Gasteiger partial charge in [-0.05, 0) is 25.6 Å². The Morgan fingerprint density at radius 3 is 2.89 bits per heavy atom. The fourth-order valence-corrected chi connectivity index (χ4v) is 2.62. The highest BCUT2D eigenvalue weighted by Gasteiger charge is 2.14. The molecule has 0 radical (unpaired) electrons. The third-order valence-electron chi connectivity index (χ3n) is 3.53. The third kappa shape index (κ3) is 1.94. The van der Waals surface area contributed by atoms with Crippen LogP contribution in [0.1, 0.15) is 11.4 Å². The van der Waals surface area contributed by atoms with Gasteiger partial charge in [0.25, 0.3) is 0 Å². The Balaban J connectivity index is 2.18. The molecule has 3 N–H and O–H groups in total. The minimum Gasteiger partial charge on any atom is -0.358 e. The number of hydrogen-bond donors (Lipinski definition) is 2. The molecule has 0 fully saturated rings. The molecule has 3 aromatic rings. The first-order valence-electron chi connectivity index (χ1n) is 6.51. The number of aromatic amines is 1. The van der Waals surface area contributed by atoms with Gasteiger partial charge < -0.3 is 10.7 Å². The molecule has 98 valence electrons. The first-order valence-corrected chi connectivity index (χ1v) is 6.51. The number of para-hydroxylation sites is 1. The Morgan fingerprint density at radius 1 is 1.32 bits per heavy atom. The lowest BCUT2D eigenvalue weighted by atomic mass is 10.1. The Bertz CT molecular complexity index is 721. The number of H-pyrrole nitrogens is 1. The molecule has 1 aromatic carbocycles. The zero-order chi connectivity index (χ0) is 13.4. The smallest absolute Gasteiger partial charge is 0.0950 e. The molecule has 0 saturated heterocycles. The molecule has 2 aromatic heterocycles. The van der Waals surface area contributed by atoms with Gasteiger partial charge in [0.1, 0.15) is 0 Å². The van der Waals surface area contributed by atoms with Crippen LogP contribution in [0.5, 0.6) is 0 Å². The summed E-state index contributed by atoms with van der Waals surface area (Å²) in [5.41, 5.74) is 11.3. The fourth-order valence-electron chi connectivity index (χ4n) is 2.62. The second-order valence-electron chi connectivity index (χ2n) is 4.85. The molecule has 0 aliphatic carbocycles. The van der Waals surface area contributed by atoms with Gasteiger partial charge in [-0.3, -0.25) is 4.68 Å². The largest absolute Gasteiger partial charge is 0.358 e. The van der Waals surface area contributed by atoms with Crippen LogP contribution in [0.15, 0.2) is 30.3 Å². The van der Waals surface area contributed by atoms with E-state index in [1.54, 1.807) is 0 Å². The van der Waals surface area contributed by atoms with Crippen molar-refractivity contribution in [3.8, 4) is 11.3 Å². The van der Waals surface area contributed by atoms with Gasteiger partial charge in [0.15, 0.2) is 0 Å². The first kappa shape index (κ1) is 12.0. The number of rotatable bonds is 3. The van der Waals surface area contributed by atoms with Gasteiger partial charge in [-0.15, -0.1) is 0 Å². The Morgan fingerprint density at radius 2 is 2.11 bits per heavy atom. The summed E-state index contributed by atoms with van der Waals surface area (Å²) in [6.07, 6.45) is 0.852. The van der Waals surface area contributed by atoms with Crippen LogP contribution < -0.4 is 5.73 Å². The van der Waals surface area contributed by atoms with Crippen LogP contribution in [0, 0.1) is 6.92 Å². The number of aromatic nitrogens is 3. The molecule has 0 spiro atoms. The van der Waals surface area contributed by atoms with Crippen LogP contribution in [-0.2, 0) is 13.5 Å². The van der Waals surface area contributed by atoms with Gasteiger partial charge in [-0.2, -0.15) is 5.10 Å². The Labute approximate surface area is 112 Å². The number of hydrogen-bond acceptors (Lipinski definition) is 2. The van der Waals surface area contributed by atoms with E-state index in [2.05, 4.69) is 41.3 Å². The van der Waals surface area contributed by atoms with Crippen molar-refractivity contribution in [2.45, 2.75) is 13.3 Å². The zero-order valence-electron chi connectivity index (χ0n) is 11.3. The van der Waals surface area contributed by atoms with Crippen molar-refractivity contribution < 1.29 is 0 Å². The van der Waals surface area contributed by atoms with E-state index >= 15 is 0 Å². The Kier molecular flexibility index (Phi) is 2.87. The number of nitrogens with one attached hydrogen (secondary N) is 1. The Hall–Kier alpha value is -2.07. The highest BCUT2D eigenvalue weighted by molar-refractivity contribution is 5.96. The second-order valence-corrected chi connectivity index (χ2v) is 4.85. The molecule has 0 aliphatic rings. The fraction of sp³-hybridized carbons (Fsp3) is 0.267. The maximum atomic E-state index is 5.63. The SMILES string of the molecule is Cc1[nH]c2ccccc2c1-c1cc(CCN)n(C)n1. The van der Waals surface area contributed by atoms with Gasteiger partial charge >= 0.3 is 0 Å². The molecule has 19 heavy (non-hydrogen) atoms. The minimum atomic E-state index is 0.645. The van der Waals surface area contributed by atoms with Crippen molar-refractivity contribution in [1.82, 2.24) is 14.8 Å². The van der Waals surface area contributed by atoms with E-state index in [0.29, 0.717) is 6.54 Å². The molecule has 0 atom stereocenters. The molecule has 3 rings (SSSR count). The molecule has 0 unspecified atom stereocenters. The number of nitrogens with zero attached hydrogens (tertiary/aromatic N) is 2. The van der Waals surface area contributed by atoms with Crippen molar-refractivity contribution >= 4 is 10.9 Å². The molecular weight excluding hydrogens is 236 g/mol. The van der Waals surface area contributed by atoms with E-state index < -0.39 is 0 Å². The van der Waals surface area contributed by atoms with Crippen LogP contribution in [0.4, 0.5) is 0 Å². The van der Waals surface area contributed by atoms with E-state index in [4.69, 9.17) is 5.73 Å². The summed E-state index contributed by atoms with van der Waals surface area (Å²) >= 11 is 0. The predicted molar refractivity (Wildman–Crippen MR) is 78.0 cm³/mol. The number of benzene rings is 1. The molecule has 0 saturated carbocycles. The zero-order valence-corrected chi connectivity index (χ0v) is 11.3. The van der Waals surface area contributed by atoms with Gasteiger partial charge in [0.05, 0.1) is 5.69 Å². The van der Waals surface area contributed by atoms with Crippen LogP contribution >= 0.6 is 0 Å². The number of nitrogens with two attached hydrogens (primary N) is 1. The van der Waals surface area contributed by atoms with E-state index in [9.17, 15) is 0 Å². The van der Waals surface area contributed by atoms with Gasteiger partial charge in [-0.25, -0.2) is 0 Å². The maximum absolute atomic E-state index is 5.63. The van der Waals surface area contributed by atoms with Crippen LogP contribution in [0.3, 0.4) is 0 Å². The average molecular weight is 254 g/mol. The summed E-state index contributed by atoms with van der Waals surface area (Å²) in [4.78, 5) is 3.41. The third-order valence-corrected chi connectivity index (χ3v) is 3.53. The molecule has 0 aliphatic heterocycles. The van der Waals surface area contributed by atoms with E-state index in [1.807, 2.05) is 17.8 Å². The highest BCUT2D eigenvalue weighted by atomic mass is 15.3. The standard InChI is InChI=1S/C15H18N4/c1-10-15(12-5-3-4-6-13(12)17-10)14-9-11(7-8-16)19(2)18-14/h3-6,9,17H,7-8,16H2,1-2H3. The maximum Gasteiger partial charge on any atom is 0.0950 e. The van der Waals surface area contributed by atoms with Crippen molar-refractivity contribution in [3.63, 3.8) is 0 Å². The van der Waals surface area contributed by atoms with Gasteiger partial charge in [0, 0.05) is 41.3 Å². The van der Waals surface area contributed by atoms with Gasteiger partial charge in [0.2, 0.25) is 0 Å². The monoisotopic (exact) mass is 254 g/mol. The topological polar surface area (TPSA) is 59.6 Å². The summed E-state index contributed by atoms with van der Waals surface area (Å²) in [5, 5.41) is 5.84. The van der Waals surface area contributed by atoms with Crippen LogP contribution in [-0.4, -0.2) is 21.3 Å². The van der Waals surface area contributed by atoms with Crippen LogP contribution in [0.25, 0.3) is 22.2 Å². The second kappa shape index (κ2) is 4.55. The van der Waals surface area contributed by atoms with Gasteiger partial charge in [-0.1, -0.05) is 18.2 Å². The van der Waals surface area contributed by atoms with E-state index in [1.165, 1.54) is 16.6 Å². The number of aryl methyl sites for hydroxylation is 2. The molecular formula is C15H18N4. The first-order chi connectivity index (χ1) is 9.20. The lowest BCUT2D eigenvalue weighted by Gasteiger charge is -1.96. The molecule has 0 bridgehead atoms. The quantitative estimate of drug-likeness (QED) is 0.754. The predicted octanol–water partition coefficient (Wildman–Crippen LogP) is 2.38. The summed E-state index contributed by atoms with van der Waals surface area (Å²) < 4.78 is 1.92. The summed E-state index contributed by atoms with van der Waals surface area (Å²) in [5.74, 6) is 0. The average Bonchev–Trinajstić information content (AvgIpc) is 2.90. The molecule has 4 heteroatoms. The van der Waals surface area contributed by atoms with Crippen molar-refractivity contribution in [2.24, 2.45) is 12.8 Å². The van der Waals surface area contributed by atoms with Crippen LogP contribution in [0.2, 0.25) is 0 Å². The number of fused-ring (bicyclic) bond motifs is 1. The lowest BCUT2D eigenvalue weighted by Crippen LogP contribution is -2.06. The summed E-state index contributed by atoms with van der Waals surface area (Å²) in [6, 6.07) is 10.5. The molecule has 4 nitrogen and oxygen atoms in total. The summed E-state index contributed by atoms with van der Waals surface area (Å²) in [6.45, 7) is 2.73.